The van der Waals surface area contributed by atoms with Gasteiger partial charge in [-0.15, -0.1) is 11.8 Å². The van der Waals surface area contributed by atoms with Crippen LogP contribution in [0.5, 0.6) is 0 Å². The number of carbonyl (C=O) groups is 2. The number of morpholine rings is 1. The van der Waals surface area contributed by atoms with Gasteiger partial charge in [0.15, 0.2) is 0 Å². The molecule has 3 heterocycles. The highest BCUT2D eigenvalue weighted by molar-refractivity contribution is 7.99. The van der Waals surface area contributed by atoms with Crippen LogP contribution in [-0.2, 0) is 9.53 Å². The lowest BCUT2D eigenvalue weighted by Gasteiger charge is -2.30. The van der Waals surface area contributed by atoms with Crippen LogP contribution in [0.25, 0.3) is 10.9 Å². The summed E-state index contributed by atoms with van der Waals surface area (Å²) in [5.41, 5.74) is 3.38. The molecule has 9 heteroatoms. The maximum atomic E-state index is 12.9. The zero-order valence-corrected chi connectivity index (χ0v) is 17.6. The average Bonchev–Trinajstić information content (AvgIpc) is 3.26. The lowest BCUT2D eigenvalue weighted by molar-refractivity contribution is -0.129. The van der Waals surface area contributed by atoms with Gasteiger partial charge in [-0.25, -0.2) is 0 Å². The molecule has 4 rings (SSSR count). The molecule has 2 saturated heterocycles. The number of ether oxygens (including phenoxy) is 1. The number of aromatic nitrogens is 1. The summed E-state index contributed by atoms with van der Waals surface area (Å²) < 4.78 is 5.45. The number of carbonyl (C=O) groups excluding carboxylic acids is 2. The van der Waals surface area contributed by atoms with Crippen molar-refractivity contribution in [3.05, 3.63) is 35.5 Å². The molecule has 30 heavy (non-hydrogen) atoms. The van der Waals surface area contributed by atoms with Gasteiger partial charge in [0.1, 0.15) is 6.04 Å². The van der Waals surface area contributed by atoms with Crippen LogP contribution in [0.3, 0.4) is 0 Å². The van der Waals surface area contributed by atoms with Crippen molar-refractivity contribution >= 4 is 40.2 Å². The lowest BCUT2D eigenvalue weighted by atomic mass is 10.0. The predicted octanol–water partition coefficient (Wildman–Crippen LogP) is 1.53. The van der Waals surface area contributed by atoms with E-state index in [0.29, 0.717) is 30.4 Å². The summed E-state index contributed by atoms with van der Waals surface area (Å²) in [6, 6.07) is 7.36. The van der Waals surface area contributed by atoms with Crippen LogP contribution in [-0.4, -0.2) is 72.2 Å². The Morgan fingerprint density at radius 2 is 2.17 bits per heavy atom. The third-order valence-corrected chi connectivity index (χ3v) is 6.42. The monoisotopic (exact) mass is 425 g/mol. The molecule has 0 radical (unpaired) electrons. The molecule has 2 amide bonds. The highest BCUT2D eigenvalue weighted by atomic mass is 32.2. The zero-order valence-electron chi connectivity index (χ0n) is 16.8. The summed E-state index contributed by atoms with van der Waals surface area (Å²) in [6.45, 7) is 4.87. The van der Waals surface area contributed by atoms with Crippen molar-refractivity contribution in [1.82, 2.24) is 15.2 Å². The topological polar surface area (TPSA) is 98.6 Å². The normalized spacial score (nSPS) is 19.0. The second-order valence-corrected chi connectivity index (χ2v) is 8.30. The Labute approximate surface area is 179 Å². The fourth-order valence-corrected chi connectivity index (χ4v) is 4.88. The van der Waals surface area contributed by atoms with Gasteiger partial charge in [0, 0.05) is 36.1 Å². The number of rotatable bonds is 4. The van der Waals surface area contributed by atoms with Crippen molar-refractivity contribution in [3.8, 4) is 6.07 Å². The Bertz CT molecular complexity index is 1020. The molecule has 1 unspecified atom stereocenters. The van der Waals surface area contributed by atoms with E-state index < -0.39 is 6.04 Å². The maximum Gasteiger partial charge on any atom is 0.252 e. The van der Waals surface area contributed by atoms with Crippen LogP contribution in [0.2, 0.25) is 0 Å². The molecular formula is C21H23N5O3S. The maximum absolute atomic E-state index is 12.9. The third kappa shape index (κ3) is 4.06. The molecule has 1 aromatic heterocycles. The molecule has 1 atom stereocenters. The van der Waals surface area contributed by atoms with Crippen molar-refractivity contribution in [1.29, 1.82) is 5.26 Å². The first-order chi connectivity index (χ1) is 14.6. The molecule has 2 aromatic rings. The Hall–Kier alpha value is -2.83. The number of nitrogens with one attached hydrogen (secondary N) is 1. The fourth-order valence-electron chi connectivity index (χ4n) is 3.78. The van der Waals surface area contributed by atoms with E-state index in [0.717, 1.165) is 35.2 Å². The molecule has 156 valence electrons. The van der Waals surface area contributed by atoms with Crippen molar-refractivity contribution in [3.63, 3.8) is 0 Å². The third-order valence-electron chi connectivity index (χ3n) is 5.41. The van der Waals surface area contributed by atoms with Crippen LogP contribution >= 0.6 is 11.8 Å². The number of nitriles is 1. The van der Waals surface area contributed by atoms with Crippen molar-refractivity contribution in [2.24, 2.45) is 0 Å². The number of anilines is 1. The second kappa shape index (κ2) is 8.90. The zero-order chi connectivity index (χ0) is 21.1. The number of pyridine rings is 1. The van der Waals surface area contributed by atoms with Gasteiger partial charge < -0.3 is 19.9 Å². The van der Waals surface area contributed by atoms with Crippen molar-refractivity contribution < 1.29 is 14.3 Å². The number of nitrogens with zero attached hydrogens (tertiary/aromatic N) is 4. The van der Waals surface area contributed by atoms with E-state index >= 15 is 0 Å². The molecular weight excluding hydrogens is 402 g/mol. The van der Waals surface area contributed by atoms with Gasteiger partial charge in [-0.1, -0.05) is 0 Å². The van der Waals surface area contributed by atoms with Gasteiger partial charge in [-0.05, 0) is 30.7 Å². The Morgan fingerprint density at radius 1 is 1.37 bits per heavy atom. The van der Waals surface area contributed by atoms with Gasteiger partial charge in [0.2, 0.25) is 5.91 Å². The van der Waals surface area contributed by atoms with E-state index in [-0.39, 0.29) is 18.4 Å². The molecule has 0 aliphatic carbocycles. The van der Waals surface area contributed by atoms with Crippen LogP contribution in [0.15, 0.2) is 24.4 Å². The quantitative estimate of drug-likeness (QED) is 0.793. The summed E-state index contributed by atoms with van der Waals surface area (Å²) >= 11 is 1.54. The molecule has 2 aliphatic rings. The second-order valence-electron chi connectivity index (χ2n) is 7.30. The summed E-state index contributed by atoms with van der Waals surface area (Å²) in [6.07, 6.45) is 1.61. The minimum absolute atomic E-state index is 0.135. The van der Waals surface area contributed by atoms with Gasteiger partial charge in [0.25, 0.3) is 5.91 Å². The Morgan fingerprint density at radius 3 is 2.93 bits per heavy atom. The van der Waals surface area contributed by atoms with E-state index in [1.807, 2.05) is 19.1 Å². The molecule has 0 saturated carbocycles. The minimum atomic E-state index is -0.430. The lowest BCUT2D eigenvalue weighted by Crippen LogP contribution is -2.42. The predicted molar refractivity (Wildman–Crippen MR) is 115 cm³/mol. The Balaban J connectivity index is 1.55. The summed E-state index contributed by atoms with van der Waals surface area (Å²) in [5, 5.41) is 12.6. The van der Waals surface area contributed by atoms with Crippen LogP contribution in [0, 0.1) is 18.3 Å². The molecule has 0 bridgehead atoms. The van der Waals surface area contributed by atoms with Crippen molar-refractivity contribution in [2.75, 3.05) is 49.4 Å². The van der Waals surface area contributed by atoms with Crippen molar-refractivity contribution in [2.45, 2.75) is 13.0 Å². The summed E-state index contributed by atoms with van der Waals surface area (Å²) in [4.78, 5) is 33.5. The molecule has 2 aliphatic heterocycles. The largest absolute Gasteiger partial charge is 0.378 e. The smallest absolute Gasteiger partial charge is 0.252 e. The Kier molecular flexibility index (Phi) is 6.06. The average molecular weight is 426 g/mol. The van der Waals surface area contributed by atoms with Gasteiger partial charge >= 0.3 is 0 Å². The van der Waals surface area contributed by atoms with Crippen LogP contribution in [0.4, 0.5) is 5.69 Å². The summed E-state index contributed by atoms with van der Waals surface area (Å²) in [7, 11) is 0. The van der Waals surface area contributed by atoms with Crippen LogP contribution < -0.4 is 10.2 Å². The van der Waals surface area contributed by atoms with E-state index in [9.17, 15) is 9.59 Å². The number of hydrogen-bond donors (Lipinski definition) is 1. The minimum Gasteiger partial charge on any atom is -0.378 e. The molecule has 0 spiro atoms. The first-order valence-electron chi connectivity index (χ1n) is 9.85. The highest BCUT2D eigenvalue weighted by Gasteiger charge is 2.29. The fraction of sp³-hybridized carbons (Fsp3) is 0.429. The van der Waals surface area contributed by atoms with E-state index in [1.54, 1.807) is 24.0 Å². The number of aryl methyl sites for hydroxylation is 1. The van der Waals surface area contributed by atoms with Gasteiger partial charge in [-0.2, -0.15) is 5.26 Å². The molecule has 8 nitrogen and oxygen atoms in total. The highest BCUT2D eigenvalue weighted by Crippen LogP contribution is 2.28. The number of amides is 2. The number of thioether (sulfide) groups is 1. The molecule has 1 N–H and O–H groups in total. The van der Waals surface area contributed by atoms with Crippen LogP contribution in [0.1, 0.15) is 15.9 Å². The molecule has 2 fully saturated rings. The van der Waals surface area contributed by atoms with E-state index in [1.165, 1.54) is 4.90 Å². The van der Waals surface area contributed by atoms with Gasteiger partial charge in [0.05, 0.1) is 42.8 Å². The number of benzene rings is 1. The molecule has 1 aromatic carbocycles. The first-order valence-corrected chi connectivity index (χ1v) is 11.0. The van der Waals surface area contributed by atoms with E-state index in [4.69, 9.17) is 10.00 Å². The first kappa shape index (κ1) is 20.4. The summed E-state index contributed by atoms with van der Waals surface area (Å²) in [5.74, 6) is 0.512. The van der Waals surface area contributed by atoms with E-state index in [2.05, 4.69) is 21.3 Å². The standard InChI is InChI=1S/C21H23N5O3S/c1-14-8-18-17(9-19(14)25-4-6-29-7-5-25)16(2-3-23-18)21(28)24-11-20(27)26-13-30-12-15(26)10-22/h2-3,8-9,15H,4-7,11-13H2,1H3,(H,24,28). The number of fused-ring (bicyclic) bond motifs is 1. The van der Waals surface area contributed by atoms with Gasteiger partial charge in [-0.3, -0.25) is 14.6 Å². The SMILES string of the molecule is Cc1cc2nccc(C(=O)NCC(=O)N3CSCC3C#N)c2cc1N1CCOCC1. The number of hydrogen-bond acceptors (Lipinski definition) is 7.